The summed E-state index contributed by atoms with van der Waals surface area (Å²) in [6.07, 6.45) is 1.04. The van der Waals surface area contributed by atoms with Crippen LogP contribution in [0.25, 0.3) is 0 Å². The van der Waals surface area contributed by atoms with Crippen molar-refractivity contribution in [1.82, 2.24) is 4.31 Å². The molecule has 2 rings (SSSR count). The van der Waals surface area contributed by atoms with Crippen molar-refractivity contribution in [3.05, 3.63) is 54.1 Å². The third kappa shape index (κ3) is 4.35. The van der Waals surface area contributed by atoms with E-state index in [2.05, 4.69) is 0 Å². The Hall–Kier alpha value is -2.10. The molecule has 26 heavy (non-hydrogen) atoms. The van der Waals surface area contributed by atoms with Gasteiger partial charge in [-0.05, 0) is 23.8 Å². The number of hydrogen-bond donors (Lipinski definition) is 0. The van der Waals surface area contributed by atoms with Crippen LogP contribution in [0.1, 0.15) is 5.56 Å². The van der Waals surface area contributed by atoms with Gasteiger partial charge < -0.3 is 4.74 Å². The van der Waals surface area contributed by atoms with Gasteiger partial charge in [-0.3, -0.25) is 4.31 Å². The van der Waals surface area contributed by atoms with Crippen LogP contribution < -0.4 is 9.04 Å². The van der Waals surface area contributed by atoms with Crippen molar-refractivity contribution in [2.75, 3.05) is 31.8 Å². The smallest absolute Gasteiger partial charge is 0.243 e. The zero-order valence-corrected chi connectivity index (χ0v) is 16.7. The molecule has 0 radical (unpaired) electrons. The Bertz CT molecular complexity index is 973. The lowest BCUT2D eigenvalue weighted by Crippen LogP contribution is -2.28. The van der Waals surface area contributed by atoms with Gasteiger partial charge in [0, 0.05) is 20.6 Å². The molecule has 2 aromatic rings. The normalized spacial score (nSPS) is 12.2. The van der Waals surface area contributed by atoms with Gasteiger partial charge in [0.2, 0.25) is 20.0 Å². The zero-order valence-electron chi connectivity index (χ0n) is 15.1. The standard InChI is InChI=1S/C17H22N2O5S2/c1-18(13-14-8-6-5-7-9-14)26(22,23)15-10-11-17(24-3)16(12-15)19(2)25(4,20)21/h5-12H,13H2,1-4H3. The van der Waals surface area contributed by atoms with Crippen molar-refractivity contribution in [2.45, 2.75) is 11.4 Å². The predicted molar refractivity (Wildman–Crippen MR) is 101 cm³/mol. The van der Waals surface area contributed by atoms with Gasteiger partial charge in [0.05, 0.1) is 23.9 Å². The first-order valence-corrected chi connectivity index (χ1v) is 11.0. The number of anilines is 1. The summed E-state index contributed by atoms with van der Waals surface area (Å²) in [4.78, 5) is -0.0118. The summed E-state index contributed by atoms with van der Waals surface area (Å²) >= 11 is 0. The van der Waals surface area contributed by atoms with Crippen molar-refractivity contribution in [1.29, 1.82) is 0 Å². The fraction of sp³-hybridized carbons (Fsp3) is 0.294. The van der Waals surface area contributed by atoms with E-state index in [1.54, 1.807) is 0 Å². The second-order valence-electron chi connectivity index (χ2n) is 5.81. The quantitative estimate of drug-likeness (QED) is 0.711. The van der Waals surface area contributed by atoms with Crippen LogP contribution in [0.5, 0.6) is 5.75 Å². The lowest BCUT2D eigenvalue weighted by atomic mass is 10.2. The Kier molecular flexibility index (Phi) is 5.94. The molecule has 0 fully saturated rings. The minimum atomic E-state index is -3.81. The molecule has 0 heterocycles. The van der Waals surface area contributed by atoms with Gasteiger partial charge in [-0.2, -0.15) is 4.31 Å². The van der Waals surface area contributed by atoms with Crippen LogP contribution in [0.2, 0.25) is 0 Å². The largest absolute Gasteiger partial charge is 0.495 e. The second-order valence-corrected chi connectivity index (χ2v) is 9.87. The maximum Gasteiger partial charge on any atom is 0.243 e. The lowest BCUT2D eigenvalue weighted by molar-refractivity contribution is 0.415. The molecular weight excluding hydrogens is 376 g/mol. The summed E-state index contributed by atoms with van der Waals surface area (Å²) in [6.45, 7) is 0.201. The molecular formula is C17H22N2O5S2. The summed E-state index contributed by atoms with van der Waals surface area (Å²) in [5.41, 5.74) is 1.00. The summed E-state index contributed by atoms with van der Waals surface area (Å²) in [7, 11) is -3.17. The molecule has 0 N–H and O–H groups in total. The van der Waals surface area contributed by atoms with Crippen molar-refractivity contribution >= 4 is 25.7 Å². The maximum absolute atomic E-state index is 12.9. The van der Waals surface area contributed by atoms with Crippen molar-refractivity contribution < 1.29 is 21.6 Å². The first kappa shape index (κ1) is 20.2. The lowest BCUT2D eigenvalue weighted by Gasteiger charge is -2.22. The van der Waals surface area contributed by atoms with Crippen molar-refractivity contribution in [3.8, 4) is 5.75 Å². The summed E-state index contributed by atoms with van der Waals surface area (Å²) < 4.78 is 56.8. The Balaban J connectivity index is 2.43. The Morgan fingerprint density at radius 2 is 1.58 bits per heavy atom. The van der Waals surface area contributed by atoms with E-state index in [0.717, 1.165) is 16.1 Å². The van der Waals surface area contributed by atoms with Crippen LogP contribution in [-0.2, 0) is 26.6 Å². The number of ether oxygens (including phenoxy) is 1. The van der Waals surface area contributed by atoms with Crippen LogP contribution in [-0.4, -0.2) is 48.6 Å². The molecule has 0 saturated heterocycles. The minimum absolute atomic E-state index is 0.0118. The molecule has 0 aliphatic rings. The average Bonchev–Trinajstić information content (AvgIpc) is 2.60. The molecule has 0 amide bonds. The van der Waals surface area contributed by atoms with E-state index >= 15 is 0 Å². The first-order chi connectivity index (χ1) is 12.1. The van der Waals surface area contributed by atoms with E-state index < -0.39 is 20.0 Å². The van der Waals surface area contributed by atoms with Gasteiger partial charge in [0.25, 0.3) is 0 Å². The molecule has 2 aromatic carbocycles. The molecule has 7 nitrogen and oxygen atoms in total. The van der Waals surface area contributed by atoms with E-state index in [0.29, 0.717) is 0 Å². The number of rotatable bonds is 7. The third-order valence-corrected chi connectivity index (χ3v) is 6.93. The Labute approximate surface area is 154 Å². The van der Waals surface area contributed by atoms with Crippen molar-refractivity contribution in [3.63, 3.8) is 0 Å². The molecule has 0 saturated carbocycles. The topological polar surface area (TPSA) is 84.0 Å². The van der Waals surface area contributed by atoms with Gasteiger partial charge in [0.15, 0.2) is 0 Å². The van der Waals surface area contributed by atoms with E-state index in [-0.39, 0.29) is 22.9 Å². The fourth-order valence-corrected chi connectivity index (χ4v) is 4.04. The highest BCUT2D eigenvalue weighted by Crippen LogP contribution is 2.32. The molecule has 142 valence electrons. The van der Waals surface area contributed by atoms with Crippen molar-refractivity contribution in [2.24, 2.45) is 0 Å². The van der Waals surface area contributed by atoms with Gasteiger partial charge in [0.1, 0.15) is 5.75 Å². The molecule has 0 aliphatic carbocycles. The first-order valence-electron chi connectivity index (χ1n) is 7.69. The zero-order chi connectivity index (χ0) is 19.5. The summed E-state index contributed by atoms with van der Waals surface area (Å²) in [6, 6.07) is 13.3. The summed E-state index contributed by atoms with van der Waals surface area (Å²) in [5, 5.41) is 0. The van der Waals surface area contributed by atoms with Crippen LogP contribution in [0.3, 0.4) is 0 Å². The maximum atomic E-state index is 12.9. The van der Waals surface area contributed by atoms with Crippen LogP contribution in [0.4, 0.5) is 5.69 Å². The molecule has 0 unspecified atom stereocenters. The van der Waals surface area contributed by atoms with E-state index in [9.17, 15) is 16.8 Å². The van der Waals surface area contributed by atoms with Crippen LogP contribution >= 0.6 is 0 Å². The van der Waals surface area contributed by atoms with E-state index in [4.69, 9.17) is 4.74 Å². The van der Waals surface area contributed by atoms with Crippen LogP contribution in [0, 0.1) is 0 Å². The highest BCUT2D eigenvalue weighted by Gasteiger charge is 2.25. The average molecular weight is 399 g/mol. The molecule has 0 aliphatic heterocycles. The molecule has 0 atom stereocenters. The number of nitrogens with zero attached hydrogens (tertiary/aromatic N) is 2. The van der Waals surface area contributed by atoms with Gasteiger partial charge in [-0.1, -0.05) is 30.3 Å². The summed E-state index contributed by atoms with van der Waals surface area (Å²) in [5.74, 6) is 0.266. The molecule has 0 spiro atoms. The molecule has 0 bridgehead atoms. The number of benzene rings is 2. The molecule has 9 heteroatoms. The van der Waals surface area contributed by atoms with Gasteiger partial charge in [-0.15, -0.1) is 0 Å². The van der Waals surface area contributed by atoms with Crippen LogP contribution in [0.15, 0.2) is 53.4 Å². The SMILES string of the molecule is COc1ccc(S(=O)(=O)N(C)Cc2ccccc2)cc1N(C)S(C)(=O)=O. The second kappa shape index (κ2) is 7.65. The van der Waals surface area contributed by atoms with E-state index in [1.165, 1.54) is 43.7 Å². The number of methoxy groups -OCH3 is 1. The number of sulfonamides is 2. The molecule has 0 aromatic heterocycles. The van der Waals surface area contributed by atoms with Gasteiger partial charge in [-0.25, -0.2) is 16.8 Å². The van der Waals surface area contributed by atoms with Gasteiger partial charge >= 0.3 is 0 Å². The highest BCUT2D eigenvalue weighted by atomic mass is 32.2. The fourth-order valence-electron chi connectivity index (χ4n) is 2.36. The monoisotopic (exact) mass is 398 g/mol. The third-order valence-electron chi connectivity index (χ3n) is 3.94. The number of hydrogen-bond acceptors (Lipinski definition) is 5. The highest BCUT2D eigenvalue weighted by molar-refractivity contribution is 7.92. The Morgan fingerprint density at radius 1 is 0.962 bits per heavy atom. The minimum Gasteiger partial charge on any atom is -0.495 e. The predicted octanol–water partition coefficient (Wildman–Crippen LogP) is 1.91. The van der Waals surface area contributed by atoms with E-state index in [1.807, 2.05) is 30.3 Å². The Morgan fingerprint density at radius 3 is 2.12 bits per heavy atom.